The van der Waals surface area contributed by atoms with Gasteiger partial charge < -0.3 is 15.1 Å². The molecule has 1 atom stereocenters. The van der Waals surface area contributed by atoms with E-state index >= 15 is 0 Å². The SMILES string of the molecule is Cc1cnc(NC(=O)CN2C(=O)[C@H]3CCCCN3C(=O)c3ccccc32)s1. The summed E-state index contributed by atoms with van der Waals surface area (Å²) >= 11 is 1.38. The number of hydrogen-bond acceptors (Lipinski definition) is 5. The van der Waals surface area contributed by atoms with E-state index in [0.29, 0.717) is 29.3 Å². The number of carbonyl (C=O) groups excluding carboxylic acids is 3. The number of anilines is 2. The van der Waals surface area contributed by atoms with Crippen molar-refractivity contribution >= 4 is 39.9 Å². The minimum atomic E-state index is -0.506. The number of nitrogens with zero attached hydrogens (tertiary/aromatic N) is 3. The van der Waals surface area contributed by atoms with E-state index in [4.69, 9.17) is 0 Å². The van der Waals surface area contributed by atoms with Crippen LogP contribution in [0.5, 0.6) is 0 Å². The number of amides is 3. The third-order valence-electron chi connectivity index (χ3n) is 4.91. The lowest BCUT2D eigenvalue weighted by molar-refractivity contribution is -0.125. The number of benzene rings is 1. The number of carbonyl (C=O) groups is 3. The monoisotopic (exact) mass is 384 g/mol. The molecule has 3 amide bonds. The molecule has 140 valence electrons. The van der Waals surface area contributed by atoms with Crippen LogP contribution >= 0.6 is 11.3 Å². The van der Waals surface area contributed by atoms with Crippen molar-refractivity contribution in [2.45, 2.75) is 32.2 Å². The molecule has 7 nitrogen and oxygen atoms in total. The Balaban J connectivity index is 1.65. The van der Waals surface area contributed by atoms with Crippen LogP contribution in [-0.4, -0.2) is 46.7 Å². The van der Waals surface area contributed by atoms with Crippen LogP contribution in [0, 0.1) is 6.92 Å². The summed E-state index contributed by atoms with van der Waals surface area (Å²) in [5.74, 6) is -0.662. The summed E-state index contributed by atoms with van der Waals surface area (Å²) < 4.78 is 0. The van der Waals surface area contributed by atoms with Crippen LogP contribution in [0.25, 0.3) is 0 Å². The van der Waals surface area contributed by atoms with E-state index < -0.39 is 6.04 Å². The zero-order chi connectivity index (χ0) is 19.0. The lowest BCUT2D eigenvalue weighted by Gasteiger charge is -2.34. The van der Waals surface area contributed by atoms with E-state index in [-0.39, 0.29) is 24.3 Å². The van der Waals surface area contributed by atoms with E-state index in [0.717, 1.165) is 17.7 Å². The largest absolute Gasteiger partial charge is 0.327 e. The minimum absolute atomic E-state index is 0.137. The Hall–Kier alpha value is -2.74. The van der Waals surface area contributed by atoms with Gasteiger partial charge in [-0.05, 0) is 38.3 Å². The highest BCUT2D eigenvalue weighted by molar-refractivity contribution is 7.15. The van der Waals surface area contributed by atoms with Crippen molar-refractivity contribution in [3.05, 3.63) is 40.9 Å². The van der Waals surface area contributed by atoms with Crippen LogP contribution in [0.2, 0.25) is 0 Å². The number of aryl methyl sites for hydroxylation is 1. The summed E-state index contributed by atoms with van der Waals surface area (Å²) in [4.78, 5) is 47.0. The second-order valence-electron chi connectivity index (χ2n) is 6.78. The first-order valence-electron chi connectivity index (χ1n) is 8.98. The van der Waals surface area contributed by atoms with E-state index in [1.54, 1.807) is 35.4 Å². The molecule has 0 saturated carbocycles. The zero-order valence-electron chi connectivity index (χ0n) is 15.0. The predicted octanol–water partition coefficient (Wildman–Crippen LogP) is 2.43. The van der Waals surface area contributed by atoms with Gasteiger partial charge in [-0.2, -0.15) is 0 Å². The first kappa shape index (κ1) is 17.7. The molecule has 0 bridgehead atoms. The van der Waals surface area contributed by atoms with E-state index in [9.17, 15) is 14.4 Å². The average molecular weight is 384 g/mol. The Kier molecular flexibility index (Phi) is 4.65. The van der Waals surface area contributed by atoms with E-state index in [1.165, 1.54) is 16.2 Å². The summed E-state index contributed by atoms with van der Waals surface area (Å²) in [5.41, 5.74) is 0.959. The quantitative estimate of drug-likeness (QED) is 0.881. The summed E-state index contributed by atoms with van der Waals surface area (Å²) in [6.45, 7) is 2.33. The first-order valence-corrected chi connectivity index (χ1v) is 9.80. The van der Waals surface area contributed by atoms with Crippen molar-refractivity contribution < 1.29 is 14.4 Å². The number of para-hydroxylation sites is 1. The Bertz CT molecular complexity index is 910. The van der Waals surface area contributed by atoms with Gasteiger partial charge in [-0.25, -0.2) is 4.98 Å². The van der Waals surface area contributed by atoms with Crippen molar-refractivity contribution in [3.63, 3.8) is 0 Å². The molecule has 3 heterocycles. The van der Waals surface area contributed by atoms with Crippen molar-refractivity contribution in [2.75, 3.05) is 23.3 Å². The first-order chi connectivity index (χ1) is 13.0. The number of hydrogen-bond donors (Lipinski definition) is 1. The lowest BCUT2D eigenvalue weighted by atomic mass is 10.0. The second-order valence-corrected chi connectivity index (χ2v) is 8.01. The maximum atomic E-state index is 13.2. The summed E-state index contributed by atoms with van der Waals surface area (Å²) in [7, 11) is 0. The fourth-order valence-corrected chi connectivity index (χ4v) is 4.33. The molecule has 1 aromatic heterocycles. The Labute approximate surface area is 161 Å². The molecule has 4 rings (SSSR count). The molecule has 27 heavy (non-hydrogen) atoms. The van der Waals surface area contributed by atoms with Gasteiger partial charge in [0.05, 0.1) is 11.3 Å². The number of nitrogens with one attached hydrogen (secondary N) is 1. The van der Waals surface area contributed by atoms with Crippen molar-refractivity contribution in [1.29, 1.82) is 0 Å². The van der Waals surface area contributed by atoms with Crippen molar-refractivity contribution in [3.8, 4) is 0 Å². The number of thiazole rings is 1. The van der Waals surface area contributed by atoms with Crippen LogP contribution in [0.1, 0.15) is 34.5 Å². The lowest BCUT2D eigenvalue weighted by Crippen LogP contribution is -2.52. The number of aromatic nitrogens is 1. The topological polar surface area (TPSA) is 82.6 Å². The smallest absolute Gasteiger partial charge is 0.256 e. The zero-order valence-corrected chi connectivity index (χ0v) is 15.8. The Morgan fingerprint density at radius 2 is 2.11 bits per heavy atom. The second kappa shape index (κ2) is 7.11. The summed E-state index contributed by atoms with van der Waals surface area (Å²) in [6, 6.07) is 6.50. The number of rotatable bonds is 3. The molecule has 0 unspecified atom stereocenters. The van der Waals surface area contributed by atoms with Gasteiger partial charge in [0, 0.05) is 17.6 Å². The minimum Gasteiger partial charge on any atom is -0.327 e. The third-order valence-corrected chi connectivity index (χ3v) is 5.74. The summed E-state index contributed by atoms with van der Waals surface area (Å²) in [5, 5.41) is 3.24. The van der Waals surface area contributed by atoms with Gasteiger partial charge in [0.2, 0.25) is 11.8 Å². The van der Waals surface area contributed by atoms with Gasteiger partial charge in [0.1, 0.15) is 12.6 Å². The highest BCUT2D eigenvalue weighted by atomic mass is 32.1. The molecule has 8 heteroatoms. The Morgan fingerprint density at radius 3 is 2.89 bits per heavy atom. The molecular formula is C19H20N4O3S. The Morgan fingerprint density at radius 1 is 1.30 bits per heavy atom. The molecule has 0 radical (unpaired) electrons. The third kappa shape index (κ3) is 3.32. The van der Waals surface area contributed by atoms with Crippen LogP contribution in [0.3, 0.4) is 0 Å². The average Bonchev–Trinajstić information content (AvgIpc) is 3.06. The molecule has 1 saturated heterocycles. The van der Waals surface area contributed by atoms with Crippen LogP contribution in [0.15, 0.2) is 30.5 Å². The number of fused-ring (bicyclic) bond motifs is 2. The highest BCUT2D eigenvalue weighted by Crippen LogP contribution is 2.31. The highest BCUT2D eigenvalue weighted by Gasteiger charge is 2.40. The molecule has 0 spiro atoms. The van der Waals surface area contributed by atoms with E-state index in [1.807, 2.05) is 6.92 Å². The maximum Gasteiger partial charge on any atom is 0.256 e. The predicted molar refractivity (Wildman–Crippen MR) is 103 cm³/mol. The van der Waals surface area contributed by atoms with Gasteiger partial charge in [0.25, 0.3) is 5.91 Å². The van der Waals surface area contributed by atoms with Gasteiger partial charge >= 0.3 is 0 Å². The maximum absolute atomic E-state index is 13.2. The van der Waals surface area contributed by atoms with Crippen molar-refractivity contribution in [1.82, 2.24) is 9.88 Å². The van der Waals surface area contributed by atoms with Gasteiger partial charge in [-0.1, -0.05) is 12.1 Å². The van der Waals surface area contributed by atoms with Gasteiger partial charge in [0.15, 0.2) is 5.13 Å². The normalized spacial score (nSPS) is 19.4. The summed E-state index contributed by atoms with van der Waals surface area (Å²) in [6.07, 6.45) is 4.10. The van der Waals surface area contributed by atoms with Crippen LogP contribution in [-0.2, 0) is 9.59 Å². The fourth-order valence-electron chi connectivity index (χ4n) is 3.65. The molecule has 2 aliphatic heterocycles. The molecule has 0 aliphatic carbocycles. The van der Waals surface area contributed by atoms with Crippen LogP contribution in [0.4, 0.5) is 10.8 Å². The molecule has 1 fully saturated rings. The molecule has 1 N–H and O–H groups in total. The van der Waals surface area contributed by atoms with Gasteiger partial charge in [-0.3, -0.25) is 14.4 Å². The fraction of sp³-hybridized carbons (Fsp3) is 0.368. The van der Waals surface area contributed by atoms with E-state index in [2.05, 4.69) is 10.3 Å². The van der Waals surface area contributed by atoms with Gasteiger partial charge in [-0.15, -0.1) is 11.3 Å². The molecule has 2 aliphatic rings. The molecule has 1 aromatic carbocycles. The standard InChI is InChI=1S/C19H20N4O3S/c1-12-10-20-19(27-12)21-16(24)11-23-14-7-3-2-6-13(14)17(25)22-9-5-4-8-15(22)18(23)26/h2-3,6-7,10,15H,4-5,8-9,11H2,1H3,(H,20,21,24)/t15-/m1/s1. The van der Waals surface area contributed by atoms with Crippen LogP contribution < -0.4 is 10.2 Å². The number of piperidine rings is 1. The molecular weight excluding hydrogens is 364 g/mol. The van der Waals surface area contributed by atoms with Crippen molar-refractivity contribution in [2.24, 2.45) is 0 Å². The molecule has 2 aromatic rings.